The molecule has 20 heavy (non-hydrogen) atoms. The molecule has 2 nitrogen and oxygen atoms in total. The van der Waals surface area contributed by atoms with Crippen molar-refractivity contribution >= 4 is 5.78 Å². The number of rotatable bonds is 4. The number of hydrogen-bond acceptors (Lipinski definition) is 2. The number of benzene rings is 2. The monoisotopic (exact) mass is 272 g/mol. The molecule has 0 aliphatic heterocycles. The summed E-state index contributed by atoms with van der Waals surface area (Å²) in [7, 11) is 0. The fourth-order valence-corrected chi connectivity index (χ4v) is 1.93. The average molecular weight is 272 g/mol. The van der Waals surface area contributed by atoms with Gasteiger partial charge in [-0.05, 0) is 55.7 Å². The summed E-state index contributed by atoms with van der Waals surface area (Å²) in [5.41, 5.74) is 1.92. The zero-order chi connectivity index (χ0) is 14.7. The molecule has 0 bridgehead atoms. The zero-order valence-electron chi connectivity index (χ0n) is 11.9. The van der Waals surface area contributed by atoms with E-state index in [1.165, 1.54) is 18.6 Å². The summed E-state index contributed by atoms with van der Waals surface area (Å²) in [4.78, 5) is 11.6. The average Bonchev–Trinajstić information content (AvgIpc) is 2.43. The predicted molar refractivity (Wildman–Crippen MR) is 77.0 cm³/mol. The topological polar surface area (TPSA) is 26.3 Å². The van der Waals surface area contributed by atoms with Crippen LogP contribution in [0.15, 0.2) is 36.4 Å². The molecule has 2 rings (SSSR count). The van der Waals surface area contributed by atoms with Gasteiger partial charge in [-0.1, -0.05) is 19.1 Å². The summed E-state index contributed by atoms with van der Waals surface area (Å²) in [6.07, 6.45) is 0.953. The van der Waals surface area contributed by atoms with Crippen molar-refractivity contribution in [1.29, 1.82) is 0 Å². The summed E-state index contributed by atoms with van der Waals surface area (Å²) in [6, 6.07) is 10.4. The van der Waals surface area contributed by atoms with Gasteiger partial charge in [-0.2, -0.15) is 0 Å². The van der Waals surface area contributed by atoms with E-state index in [9.17, 15) is 9.18 Å². The van der Waals surface area contributed by atoms with Gasteiger partial charge in [0, 0.05) is 0 Å². The van der Waals surface area contributed by atoms with Gasteiger partial charge in [-0.3, -0.25) is 4.79 Å². The van der Waals surface area contributed by atoms with E-state index in [-0.39, 0.29) is 11.3 Å². The first-order chi connectivity index (χ1) is 9.51. The van der Waals surface area contributed by atoms with Crippen LogP contribution in [0.1, 0.15) is 35.3 Å². The van der Waals surface area contributed by atoms with Crippen molar-refractivity contribution < 1.29 is 13.9 Å². The fraction of sp³-hybridized carbons (Fsp3) is 0.235. The molecule has 0 unspecified atom stereocenters. The van der Waals surface area contributed by atoms with E-state index in [1.807, 2.05) is 24.3 Å². The maximum atomic E-state index is 13.5. The van der Waals surface area contributed by atoms with Crippen LogP contribution in [-0.2, 0) is 6.42 Å². The van der Waals surface area contributed by atoms with Crippen molar-refractivity contribution in [3.05, 3.63) is 58.9 Å². The van der Waals surface area contributed by atoms with E-state index in [2.05, 4.69) is 6.92 Å². The van der Waals surface area contributed by atoms with Gasteiger partial charge in [0.1, 0.15) is 17.3 Å². The van der Waals surface area contributed by atoms with Crippen LogP contribution in [0, 0.1) is 12.7 Å². The first-order valence-electron chi connectivity index (χ1n) is 6.59. The Balaban J connectivity index is 2.36. The fourth-order valence-electron chi connectivity index (χ4n) is 1.93. The van der Waals surface area contributed by atoms with E-state index >= 15 is 0 Å². The lowest BCUT2D eigenvalue weighted by molar-refractivity contribution is 0.101. The smallest absolute Gasteiger partial charge is 0.163 e. The minimum atomic E-state index is -0.399. The van der Waals surface area contributed by atoms with Gasteiger partial charge in [0.05, 0.1) is 5.56 Å². The number of ether oxygens (including phenoxy) is 1. The molecule has 0 atom stereocenters. The first-order valence-corrected chi connectivity index (χ1v) is 6.59. The third kappa shape index (κ3) is 3.05. The van der Waals surface area contributed by atoms with Gasteiger partial charge in [0.2, 0.25) is 0 Å². The van der Waals surface area contributed by atoms with E-state index in [0.29, 0.717) is 17.1 Å². The number of carbonyl (C=O) groups is 1. The first kappa shape index (κ1) is 14.3. The molecule has 0 amide bonds. The lowest BCUT2D eigenvalue weighted by atomic mass is 10.1. The van der Waals surface area contributed by atoms with Crippen LogP contribution in [0.2, 0.25) is 0 Å². The molecule has 0 saturated heterocycles. The van der Waals surface area contributed by atoms with Crippen LogP contribution in [0.25, 0.3) is 0 Å². The molecular formula is C17H17FO2. The van der Waals surface area contributed by atoms with Crippen molar-refractivity contribution in [2.45, 2.75) is 27.2 Å². The normalized spacial score (nSPS) is 10.4. The van der Waals surface area contributed by atoms with E-state index < -0.39 is 5.82 Å². The van der Waals surface area contributed by atoms with Crippen molar-refractivity contribution in [1.82, 2.24) is 0 Å². The van der Waals surface area contributed by atoms with Crippen LogP contribution in [-0.4, -0.2) is 5.78 Å². The van der Waals surface area contributed by atoms with Gasteiger partial charge in [0.15, 0.2) is 5.78 Å². The standard InChI is InChI=1S/C17H17FO2/c1-4-13-5-7-14(8-6-13)20-17-9-11(2)16(18)10-15(17)12(3)19/h5-10H,4H2,1-3H3. The third-order valence-corrected chi connectivity index (χ3v) is 3.20. The molecule has 2 aromatic rings. The maximum Gasteiger partial charge on any atom is 0.163 e. The zero-order valence-corrected chi connectivity index (χ0v) is 11.9. The molecular weight excluding hydrogens is 255 g/mol. The van der Waals surface area contributed by atoms with Crippen LogP contribution in [0.4, 0.5) is 4.39 Å². The summed E-state index contributed by atoms with van der Waals surface area (Å²) >= 11 is 0. The summed E-state index contributed by atoms with van der Waals surface area (Å²) in [6.45, 7) is 5.12. The molecule has 0 aliphatic carbocycles. The second-order valence-electron chi connectivity index (χ2n) is 4.75. The number of Topliss-reactive ketones (excluding diaryl/α,β-unsaturated/α-hetero) is 1. The van der Waals surface area contributed by atoms with Crippen LogP contribution in [0.3, 0.4) is 0 Å². The Labute approximate surface area is 118 Å². The van der Waals surface area contributed by atoms with Gasteiger partial charge in [0.25, 0.3) is 0 Å². The predicted octanol–water partition coefficient (Wildman–Crippen LogP) is 4.69. The van der Waals surface area contributed by atoms with Gasteiger partial charge in [-0.25, -0.2) is 4.39 Å². The van der Waals surface area contributed by atoms with Crippen LogP contribution < -0.4 is 4.74 Å². The van der Waals surface area contributed by atoms with Gasteiger partial charge >= 0.3 is 0 Å². The Morgan fingerprint density at radius 2 is 1.85 bits per heavy atom. The lowest BCUT2D eigenvalue weighted by Crippen LogP contribution is -2.00. The molecule has 2 aromatic carbocycles. The Morgan fingerprint density at radius 3 is 2.40 bits per heavy atom. The molecule has 0 spiro atoms. The molecule has 104 valence electrons. The van der Waals surface area contributed by atoms with Crippen LogP contribution >= 0.6 is 0 Å². The highest BCUT2D eigenvalue weighted by molar-refractivity contribution is 5.97. The van der Waals surface area contributed by atoms with Crippen molar-refractivity contribution in [3.63, 3.8) is 0 Å². The maximum absolute atomic E-state index is 13.5. The highest BCUT2D eigenvalue weighted by Gasteiger charge is 2.13. The summed E-state index contributed by atoms with van der Waals surface area (Å²) in [5.74, 6) is 0.407. The quantitative estimate of drug-likeness (QED) is 0.755. The minimum absolute atomic E-state index is 0.218. The SMILES string of the molecule is CCc1ccc(Oc2cc(C)c(F)cc2C(C)=O)cc1. The van der Waals surface area contributed by atoms with Gasteiger partial charge in [-0.15, -0.1) is 0 Å². The summed E-state index contributed by atoms with van der Waals surface area (Å²) in [5, 5.41) is 0. The lowest BCUT2D eigenvalue weighted by Gasteiger charge is -2.11. The number of aryl methyl sites for hydroxylation is 2. The molecule has 0 N–H and O–H groups in total. The molecule has 0 fully saturated rings. The number of carbonyl (C=O) groups excluding carboxylic acids is 1. The van der Waals surface area contributed by atoms with Crippen molar-refractivity contribution in [3.8, 4) is 11.5 Å². The molecule has 0 saturated carbocycles. The highest BCUT2D eigenvalue weighted by atomic mass is 19.1. The van der Waals surface area contributed by atoms with Crippen molar-refractivity contribution in [2.75, 3.05) is 0 Å². The summed E-state index contributed by atoms with van der Waals surface area (Å²) < 4.78 is 19.3. The second kappa shape index (κ2) is 5.87. The highest BCUT2D eigenvalue weighted by Crippen LogP contribution is 2.28. The van der Waals surface area contributed by atoms with E-state index in [0.717, 1.165) is 6.42 Å². The second-order valence-corrected chi connectivity index (χ2v) is 4.75. The molecule has 0 radical (unpaired) electrons. The van der Waals surface area contributed by atoms with Crippen molar-refractivity contribution in [2.24, 2.45) is 0 Å². The Kier molecular flexibility index (Phi) is 4.18. The van der Waals surface area contributed by atoms with Crippen LogP contribution in [0.5, 0.6) is 11.5 Å². The molecule has 3 heteroatoms. The van der Waals surface area contributed by atoms with E-state index in [1.54, 1.807) is 13.0 Å². The Bertz CT molecular complexity index is 630. The molecule has 0 heterocycles. The third-order valence-electron chi connectivity index (χ3n) is 3.20. The Morgan fingerprint density at radius 1 is 1.20 bits per heavy atom. The van der Waals surface area contributed by atoms with E-state index in [4.69, 9.17) is 4.74 Å². The minimum Gasteiger partial charge on any atom is -0.457 e. The Hall–Kier alpha value is -2.16. The van der Waals surface area contributed by atoms with Gasteiger partial charge < -0.3 is 4.74 Å². The molecule has 0 aliphatic rings. The largest absolute Gasteiger partial charge is 0.457 e. The number of halogens is 1. The number of ketones is 1. The molecule has 0 aromatic heterocycles. The number of hydrogen-bond donors (Lipinski definition) is 0.